The third kappa shape index (κ3) is 3.43. The lowest BCUT2D eigenvalue weighted by molar-refractivity contribution is 0.296. The van der Waals surface area contributed by atoms with E-state index < -0.39 is 0 Å². The van der Waals surface area contributed by atoms with E-state index in [-0.39, 0.29) is 5.82 Å². The monoisotopic (exact) mass is 360 g/mol. The van der Waals surface area contributed by atoms with Crippen LogP contribution in [0.4, 0.5) is 4.39 Å². The molecular formula is C23H21FN2O. The number of ether oxygens (including phenoxy) is 1. The van der Waals surface area contributed by atoms with Crippen LogP contribution >= 0.6 is 0 Å². The average Bonchev–Trinajstić information content (AvgIpc) is 2.94. The van der Waals surface area contributed by atoms with Crippen LogP contribution in [0.25, 0.3) is 10.9 Å². The van der Waals surface area contributed by atoms with Crippen LogP contribution in [0.5, 0.6) is 5.88 Å². The SMILES string of the molecule is Cc1c(C)n(Cc2ccccc2)c2c(OCc3ccc(F)cc3)nccc12. The molecule has 0 fully saturated rings. The van der Waals surface area contributed by atoms with Crippen LogP contribution in [0.3, 0.4) is 0 Å². The van der Waals surface area contributed by atoms with E-state index in [1.165, 1.54) is 29.0 Å². The number of benzene rings is 2. The van der Waals surface area contributed by atoms with E-state index in [9.17, 15) is 4.39 Å². The first-order valence-corrected chi connectivity index (χ1v) is 8.99. The fourth-order valence-corrected chi connectivity index (χ4v) is 3.36. The highest BCUT2D eigenvalue weighted by atomic mass is 19.1. The van der Waals surface area contributed by atoms with E-state index in [1.807, 2.05) is 24.3 Å². The number of rotatable bonds is 5. The number of hydrogen-bond acceptors (Lipinski definition) is 2. The van der Waals surface area contributed by atoms with Gasteiger partial charge >= 0.3 is 0 Å². The smallest absolute Gasteiger partial charge is 0.238 e. The number of pyridine rings is 1. The van der Waals surface area contributed by atoms with Crippen molar-refractivity contribution in [3.8, 4) is 5.88 Å². The Kier molecular flexibility index (Phi) is 4.63. The van der Waals surface area contributed by atoms with Crippen LogP contribution in [-0.4, -0.2) is 9.55 Å². The summed E-state index contributed by atoms with van der Waals surface area (Å²) in [6, 6.07) is 18.7. The fourth-order valence-electron chi connectivity index (χ4n) is 3.36. The van der Waals surface area contributed by atoms with Gasteiger partial charge in [-0.05, 0) is 48.7 Å². The lowest BCUT2D eigenvalue weighted by atomic mass is 10.2. The zero-order valence-corrected chi connectivity index (χ0v) is 15.4. The molecule has 0 unspecified atom stereocenters. The maximum atomic E-state index is 13.1. The van der Waals surface area contributed by atoms with Crippen molar-refractivity contribution in [3.05, 3.63) is 95.1 Å². The molecular weight excluding hydrogens is 339 g/mol. The molecule has 0 atom stereocenters. The van der Waals surface area contributed by atoms with Gasteiger partial charge in [0.05, 0.1) is 0 Å². The van der Waals surface area contributed by atoms with Crippen molar-refractivity contribution in [1.82, 2.24) is 9.55 Å². The number of nitrogens with zero attached hydrogens (tertiary/aromatic N) is 2. The van der Waals surface area contributed by atoms with Gasteiger partial charge in [0.15, 0.2) is 0 Å². The normalized spacial score (nSPS) is 11.1. The van der Waals surface area contributed by atoms with E-state index >= 15 is 0 Å². The van der Waals surface area contributed by atoms with Gasteiger partial charge in [-0.15, -0.1) is 0 Å². The first kappa shape index (κ1) is 17.3. The summed E-state index contributed by atoms with van der Waals surface area (Å²) < 4.78 is 21.4. The molecule has 0 aliphatic rings. The Morgan fingerprint density at radius 1 is 0.926 bits per heavy atom. The lowest BCUT2D eigenvalue weighted by Crippen LogP contribution is -2.05. The second-order valence-electron chi connectivity index (χ2n) is 6.71. The molecule has 0 saturated heterocycles. The number of aromatic nitrogens is 2. The number of aryl methyl sites for hydroxylation is 1. The van der Waals surface area contributed by atoms with Crippen LogP contribution in [0.1, 0.15) is 22.4 Å². The third-order valence-electron chi connectivity index (χ3n) is 4.98. The van der Waals surface area contributed by atoms with Crippen molar-refractivity contribution in [1.29, 1.82) is 0 Å². The van der Waals surface area contributed by atoms with Crippen molar-refractivity contribution in [2.24, 2.45) is 0 Å². The largest absolute Gasteiger partial charge is 0.471 e. The predicted molar refractivity (Wildman–Crippen MR) is 105 cm³/mol. The summed E-state index contributed by atoms with van der Waals surface area (Å²) in [7, 11) is 0. The summed E-state index contributed by atoms with van der Waals surface area (Å²) in [5.41, 5.74) is 5.57. The van der Waals surface area contributed by atoms with Gasteiger partial charge in [-0.2, -0.15) is 0 Å². The molecule has 0 aliphatic carbocycles. The quantitative estimate of drug-likeness (QED) is 0.475. The van der Waals surface area contributed by atoms with Gasteiger partial charge in [0.2, 0.25) is 5.88 Å². The first-order chi connectivity index (χ1) is 13.1. The number of hydrogen-bond donors (Lipinski definition) is 0. The molecule has 3 nitrogen and oxygen atoms in total. The Bertz CT molecular complexity index is 1070. The standard InChI is InChI=1S/C23H21FN2O/c1-16-17(2)26(14-18-6-4-3-5-7-18)22-21(16)12-13-25-23(22)27-15-19-8-10-20(24)11-9-19/h3-13H,14-15H2,1-2H3. The Labute approximate surface area is 158 Å². The predicted octanol–water partition coefficient (Wildman–Crippen LogP) is 5.42. The topological polar surface area (TPSA) is 27.1 Å². The molecule has 0 bridgehead atoms. The maximum Gasteiger partial charge on any atom is 0.238 e. The summed E-state index contributed by atoms with van der Waals surface area (Å²) in [6.45, 7) is 5.36. The summed E-state index contributed by atoms with van der Waals surface area (Å²) in [4.78, 5) is 4.48. The van der Waals surface area contributed by atoms with E-state index in [1.54, 1.807) is 18.3 Å². The van der Waals surface area contributed by atoms with Crippen molar-refractivity contribution in [3.63, 3.8) is 0 Å². The molecule has 4 rings (SSSR count). The van der Waals surface area contributed by atoms with Gasteiger partial charge in [0, 0.05) is 23.8 Å². The van der Waals surface area contributed by atoms with Gasteiger partial charge in [-0.1, -0.05) is 42.5 Å². The summed E-state index contributed by atoms with van der Waals surface area (Å²) >= 11 is 0. The van der Waals surface area contributed by atoms with E-state index in [0.29, 0.717) is 12.5 Å². The van der Waals surface area contributed by atoms with Crippen LogP contribution in [0.2, 0.25) is 0 Å². The van der Waals surface area contributed by atoms with Crippen LogP contribution in [-0.2, 0) is 13.2 Å². The van der Waals surface area contributed by atoms with Crippen LogP contribution in [0, 0.1) is 19.7 Å². The maximum absolute atomic E-state index is 13.1. The molecule has 0 amide bonds. The third-order valence-corrected chi connectivity index (χ3v) is 4.98. The Morgan fingerprint density at radius 2 is 1.67 bits per heavy atom. The first-order valence-electron chi connectivity index (χ1n) is 8.99. The zero-order chi connectivity index (χ0) is 18.8. The number of halogens is 1. The molecule has 0 N–H and O–H groups in total. The second kappa shape index (κ2) is 7.23. The lowest BCUT2D eigenvalue weighted by Gasteiger charge is -2.12. The Hall–Kier alpha value is -3.14. The molecule has 2 aromatic carbocycles. The molecule has 136 valence electrons. The molecule has 0 radical (unpaired) electrons. The van der Waals surface area contributed by atoms with E-state index in [0.717, 1.165) is 23.0 Å². The molecule has 0 aliphatic heterocycles. The summed E-state index contributed by atoms with van der Waals surface area (Å²) in [5.74, 6) is 0.353. The van der Waals surface area contributed by atoms with E-state index in [2.05, 4.69) is 35.5 Å². The second-order valence-corrected chi connectivity index (χ2v) is 6.71. The van der Waals surface area contributed by atoms with Gasteiger partial charge in [-0.25, -0.2) is 9.37 Å². The highest BCUT2D eigenvalue weighted by Gasteiger charge is 2.16. The van der Waals surface area contributed by atoms with Crippen LogP contribution < -0.4 is 4.74 Å². The highest BCUT2D eigenvalue weighted by Crippen LogP contribution is 2.31. The molecule has 0 spiro atoms. The minimum Gasteiger partial charge on any atom is -0.471 e. The Balaban J connectivity index is 1.72. The Morgan fingerprint density at radius 3 is 2.41 bits per heavy atom. The van der Waals surface area contributed by atoms with Crippen LogP contribution in [0.15, 0.2) is 66.9 Å². The molecule has 27 heavy (non-hydrogen) atoms. The van der Waals surface area contributed by atoms with Crippen molar-refractivity contribution < 1.29 is 9.13 Å². The minimum absolute atomic E-state index is 0.248. The number of fused-ring (bicyclic) bond motifs is 1. The zero-order valence-electron chi connectivity index (χ0n) is 15.4. The summed E-state index contributed by atoms with van der Waals surface area (Å²) in [6.07, 6.45) is 1.78. The van der Waals surface area contributed by atoms with Gasteiger partial charge in [0.25, 0.3) is 0 Å². The molecule has 4 heteroatoms. The molecule has 0 saturated carbocycles. The van der Waals surface area contributed by atoms with Gasteiger partial charge in [0.1, 0.15) is 17.9 Å². The fraction of sp³-hybridized carbons (Fsp3) is 0.174. The van der Waals surface area contributed by atoms with Gasteiger partial charge in [-0.3, -0.25) is 0 Å². The van der Waals surface area contributed by atoms with Crippen molar-refractivity contribution in [2.45, 2.75) is 27.0 Å². The molecule has 2 heterocycles. The molecule has 2 aromatic heterocycles. The average molecular weight is 360 g/mol. The van der Waals surface area contributed by atoms with Crippen molar-refractivity contribution in [2.75, 3.05) is 0 Å². The van der Waals surface area contributed by atoms with Crippen molar-refractivity contribution >= 4 is 10.9 Å². The molecule has 4 aromatic rings. The summed E-state index contributed by atoms with van der Waals surface area (Å²) in [5, 5.41) is 1.15. The van der Waals surface area contributed by atoms with E-state index in [4.69, 9.17) is 4.74 Å². The van der Waals surface area contributed by atoms with Gasteiger partial charge < -0.3 is 9.30 Å². The highest BCUT2D eigenvalue weighted by molar-refractivity contribution is 5.89. The minimum atomic E-state index is -0.248.